The lowest BCUT2D eigenvalue weighted by Crippen LogP contribution is -2.20. The summed E-state index contributed by atoms with van der Waals surface area (Å²) < 4.78 is 5.59. The Balaban J connectivity index is 1.58. The molecule has 0 spiro atoms. The van der Waals surface area contributed by atoms with E-state index in [1.165, 1.54) is 4.68 Å². The van der Waals surface area contributed by atoms with Gasteiger partial charge in [-0.1, -0.05) is 41.1 Å². The van der Waals surface area contributed by atoms with Gasteiger partial charge in [0.25, 0.3) is 0 Å². The van der Waals surface area contributed by atoms with Crippen molar-refractivity contribution in [3.63, 3.8) is 0 Å². The minimum Gasteiger partial charge on any atom is -0.324 e. The summed E-state index contributed by atoms with van der Waals surface area (Å²) in [7, 11) is 0. The first kappa shape index (κ1) is 19.7. The van der Waals surface area contributed by atoms with Gasteiger partial charge in [0, 0.05) is 12.2 Å². The van der Waals surface area contributed by atoms with Crippen molar-refractivity contribution in [3.8, 4) is 0 Å². The molecular weight excluding hydrogens is 398 g/mol. The Morgan fingerprint density at radius 2 is 1.93 bits per heavy atom. The summed E-state index contributed by atoms with van der Waals surface area (Å²) >= 11 is 5.56. The van der Waals surface area contributed by atoms with Gasteiger partial charge in [0.15, 0.2) is 10.6 Å². The number of hydrogen-bond acceptors (Lipinski definition) is 5. The van der Waals surface area contributed by atoms with Crippen LogP contribution >= 0.6 is 12.2 Å². The van der Waals surface area contributed by atoms with Crippen LogP contribution in [0.1, 0.15) is 11.4 Å². The van der Waals surface area contributed by atoms with E-state index in [4.69, 9.17) is 12.2 Å². The van der Waals surface area contributed by atoms with E-state index in [2.05, 4.69) is 27.3 Å². The largest absolute Gasteiger partial charge is 0.324 e. The molecule has 0 atom stereocenters. The minimum absolute atomic E-state index is 0.0158. The number of para-hydroxylation sites is 1. The van der Waals surface area contributed by atoms with Crippen LogP contribution in [0.25, 0.3) is 11.0 Å². The van der Waals surface area contributed by atoms with Crippen molar-refractivity contribution in [3.05, 3.63) is 77.3 Å². The van der Waals surface area contributed by atoms with Crippen LogP contribution < -0.4 is 5.32 Å². The predicted molar refractivity (Wildman–Crippen MR) is 118 cm³/mol. The average molecular weight is 420 g/mol. The Labute approximate surface area is 178 Å². The quantitative estimate of drug-likeness (QED) is 0.367. The number of nitrogens with zero attached hydrogens (tertiary/aromatic N) is 6. The summed E-state index contributed by atoms with van der Waals surface area (Å²) in [6.45, 7) is 6.68. The number of benzene rings is 2. The molecule has 8 nitrogen and oxygen atoms in total. The number of aromatic nitrogens is 6. The van der Waals surface area contributed by atoms with Gasteiger partial charge < -0.3 is 5.32 Å². The number of amides is 1. The number of aryl methyl sites for hydroxylation is 1. The molecule has 0 fully saturated rings. The standard InChI is InChI=1S/C21H21N7OS/c1-3-12-26-19(13-27-18-7-5-4-6-17(18)23-25-27)24-28(21(26)30)14-20(29)22-16-10-8-15(2)9-11-16/h3-11H,1,12-14H2,2H3,(H,22,29). The zero-order valence-corrected chi connectivity index (χ0v) is 17.3. The van der Waals surface area contributed by atoms with Gasteiger partial charge in [-0.05, 0) is 43.4 Å². The molecule has 0 aliphatic heterocycles. The summed E-state index contributed by atoms with van der Waals surface area (Å²) in [4.78, 5) is 12.5. The molecule has 0 unspecified atom stereocenters. The Kier molecular flexibility index (Phi) is 5.53. The first-order valence-electron chi connectivity index (χ1n) is 9.47. The molecule has 0 aliphatic carbocycles. The van der Waals surface area contributed by atoms with E-state index in [0.29, 0.717) is 23.7 Å². The molecule has 0 saturated heterocycles. The van der Waals surface area contributed by atoms with Gasteiger partial charge in [0.1, 0.15) is 18.6 Å². The molecule has 4 aromatic rings. The molecule has 0 radical (unpaired) electrons. The van der Waals surface area contributed by atoms with Crippen molar-refractivity contribution in [2.24, 2.45) is 0 Å². The summed E-state index contributed by atoms with van der Waals surface area (Å²) in [5.41, 5.74) is 3.57. The van der Waals surface area contributed by atoms with E-state index in [0.717, 1.165) is 22.3 Å². The van der Waals surface area contributed by atoms with Crippen LogP contribution in [0, 0.1) is 11.7 Å². The van der Waals surface area contributed by atoms with Crippen molar-refractivity contribution in [1.29, 1.82) is 0 Å². The van der Waals surface area contributed by atoms with Gasteiger partial charge in [-0.15, -0.1) is 11.7 Å². The second-order valence-corrected chi connectivity index (χ2v) is 7.27. The number of fused-ring (bicyclic) bond motifs is 1. The van der Waals surface area contributed by atoms with Crippen molar-refractivity contribution in [2.75, 3.05) is 5.32 Å². The third kappa shape index (κ3) is 4.06. The summed E-state index contributed by atoms with van der Waals surface area (Å²) in [6, 6.07) is 15.3. The predicted octanol–water partition coefficient (Wildman–Crippen LogP) is 3.34. The molecule has 9 heteroatoms. The highest BCUT2D eigenvalue weighted by atomic mass is 32.1. The fraction of sp³-hybridized carbons (Fsp3) is 0.190. The maximum atomic E-state index is 12.5. The van der Waals surface area contributed by atoms with Crippen LogP contribution in [0.15, 0.2) is 61.2 Å². The first-order chi connectivity index (χ1) is 14.5. The maximum Gasteiger partial charge on any atom is 0.246 e. The van der Waals surface area contributed by atoms with Gasteiger partial charge in [0.2, 0.25) is 5.91 Å². The molecular formula is C21H21N7OS. The second kappa shape index (κ2) is 8.42. The van der Waals surface area contributed by atoms with Gasteiger partial charge in [-0.2, -0.15) is 5.10 Å². The van der Waals surface area contributed by atoms with Crippen molar-refractivity contribution in [1.82, 2.24) is 29.3 Å². The molecule has 2 aromatic carbocycles. The molecule has 152 valence electrons. The molecule has 0 aliphatic rings. The highest BCUT2D eigenvalue weighted by molar-refractivity contribution is 7.71. The molecule has 0 saturated carbocycles. The highest BCUT2D eigenvalue weighted by Gasteiger charge is 2.15. The number of carbonyl (C=O) groups is 1. The van der Waals surface area contributed by atoms with Crippen LogP contribution in [0.5, 0.6) is 0 Å². The third-order valence-corrected chi connectivity index (χ3v) is 5.08. The van der Waals surface area contributed by atoms with Crippen molar-refractivity contribution in [2.45, 2.75) is 26.6 Å². The zero-order chi connectivity index (χ0) is 21.1. The summed E-state index contributed by atoms with van der Waals surface area (Å²) in [6.07, 6.45) is 1.75. The number of carbonyl (C=O) groups excluding carboxylic acids is 1. The Hall–Kier alpha value is -3.59. The molecule has 0 bridgehead atoms. The van der Waals surface area contributed by atoms with Crippen molar-refractivity contribution < 1.29 is 4.79 Å². The van der Waals surface area contributed by atoms with Crippen LogP contribution in [0.4, 0.5) is 5.69 Å². The number of rotatable bonds is 7. The lowest BCUT2D eigenvalue weighted by molar-refractivity contribution is -0.116. The Bertz CT molecular complexity index is 1270. The second-order valence-electron chi connectivity index (χ2n) is 6.91. The summed E-state index contributed by atoms with van der Waals surface area (Å²) in [5.74, 6) is 0.481. The molecule has 2 heterocycles. The van der Waals surface area contributed by atoms with E-state index in [-0.39, 0.29) is 12.5 Å². The van der Waals surface area contributed by atoms with E-state index in [1.807, 2.05) is 60.0 Å². The molecule has 4 rings (SSSR count). The highest BCUT2D eigenvalue weighted by Crippen LogP contribution is 2.13. The topological polar surface area (TPSA) is 82.6 Å². The van der Waals surface area contributed by atoms with E-state index in [1.54, 1.807) is 10.8 Å². The van der Waals surface area contributed by atoms with Crippen LogP contribution in [-0.2, 0) is 24.4 Å². The van der Waals surface area contributed by atoms with Crippen LogP contribution in [0.3, 0.4) is 0 Å². The summed E-state index contributed by atoms with van der Waals surface area (Å²) in [5, 5.41) is 15.9. The van der Waals surface area contributed by atoms with Gasteiger partial charge in [0.05, 0.1) is 5.52 Å². The number of hydrogen-bond donors (Lipinski definition) is 1. The third-order valence-electron chi connectivity index (χ3n) is 4.65. The molecule has 30 heavy (non-hydrogen) atoms. The zero-order valence-electron chi connectivity index (χ0n) is 16.5. The minimum atomic E-state index is -0.198. The number of anilines is 1. The smallest absolute Gasteiger partial charge is 0.246 e. The van der Waals surface area contributed by atoms with E-state index < -0.39 is 0 Å². The molecule has 2 aromatic heterocycles. The lowest BCUT2D eigenvalue weighted by atomic mass is 10.2. The van der Waals surface area contributed by atoms with E-state index >= 15 is 0 Å². The number of allylic oxidation sites excluding steroid dienone is 1. The lowest BCUT2D eigenvalue weighted by Gasteiger charge is -2.05. The van der Waals surface area contributed by atoms with E-state index in [9.17, 15) is 4.79 Å². The SMILES string of the molecule is C=CCn1c(Cn2nnc3ccccc32)nn(CC(=O)Nc2ccc(C)cc2)c1=S. The van der Waals surface area contributed by atoms with Crippen LogP contribution in [0.2, 0.25) is 0 Å². The van der Waals surface area contributed by atoms with Crippen LogP contribution in [-0.4, -0.2) is 35.2 Å². The number of nitrogens with one attached hydrogen (secondary N) is 1. The molecule has 1 N–H and O–H groups in total. The van der Waals surface area contributed by atoms with Gasteiger partial charge in [-0.3, -0.25) is 9.36 Å². The normalized spacial score (nSPS) is 11.0. The molecule has 1 amide bonds. The Morgan fingerprint density at radius 3 is 2.70 bits per heavy atom. The fourth-order valence-corrected chi connectivity index (χ4v) is 3.45. The first-order valence-corrected chi connectivity index (χ1v) is 9.88. The van der Waals surface area contributed by atoms with Crippen molar-refractivity contribution >= 4 is 34.8 Å². The van der Waals surface area contributed by atoms with Gasteiger partial charge >= 0.3 is 0 Å². The monoisotopic (exact) mass is 419 g/mol. The average Bonchev–Trinajstić information content (AvgIpc) is 3.27. The maximum absolute atomic E-state index is 12.5. The fourth-order valence-electron chi connectivity index (χ4n) is 3.16. The van der Waals surface area contributed by atoms with Gasteiger partial charge in [-0.25, -0.2) is 9.36 Å². The Morgan fingerprint density at radius 1 is 1.17 bits per heavy atom.